The summed E-state index contributed by atoms with van der Waals surface area (Å²) in [4.78, 5) is 23.9. The number of carbonyl (C=O) groups excluding carboxylic acids is 1. The maximum atomic E-state index is 12.0. The van der Waals surface area contributed by atoms with Gasteiger partial charge < -0.3 is 25.6 Å². The summed E-state index contributed by atoms with van der Waals surface area (Å²) in [5.41, 5.74) is 5.67. The van der Waals surface area contributed by atoms with Gasteiger partial charge in [-0.05, 0) is 13.3 Å². The monoisotopic (exact) mass is 260 g/mol. The third kappa shape index (κ3) is 4.25. The van der Waals surface area contributed by atoms with E-state index in [1.54, 1.807) is 0 Å². The first-order chi connectivity index (χ1) is 8.43. The number of nitrogens with two attached hydrogens (primary N) is 1. The number of hydrogen-bond donors (Lipinski definition) is 3. The lowest BCUT2D eigenvalue weighted by Gasteiger charge is -2.37. The van der Waals surface area contributed by atoms with Crippen molar-refractivity contribution in [2.45, 2.75) is 38.0 Å². The Morgan fingerprint density at radius 3 is 2.72 bits per heavy atom. The van der Waals surface area contributed by atoms with E-state index in [1.807, 2.05) is 6.92 Å². The summed E-state index contributed by atoms with van der Waals surface area (Å²) in [5, 5.41) is 17.6. The molecular formula is C11H20N2O5. The SMILES string of the molecule is CC1CN(C(=O)C(N)CCC(=O)O)CC(CO)O1. The Morgan fingerprint density at radius 2 is 2.17 bits per heavy atom. The minimum Gasteiger partial charge on any atom is -0.481 e. The Morgan fingerprint density at radius 1 is 1.50 bits per heavy atom. The Kier molecular flexibility index (Phi) is 5.52. The number of nitrogens with zero attached hydrogens (tertiary/aromatic N) is 1. The van der Waals surface area contributed by atoms with Crippen molar-refractivity contribution in [3.8, 4) is 0 Å². The van der Waals surface area contributed by atoms with Crippen LogP contribution in [0.3, 0.4) is 0 Å². The van der Waals surface area contributed by atoms with Crippen LogP contribution in [0.15, 0.2) is 0 Å². The molecule has 0 aromatic rings. The van der Waals surface area contributed by atoms with Crippen molar-refractivity contribution < 1.29 is 24.5 Å². The average molecular weight is 260 g/mol. The summed E-state index contributed by atoms with van der Waals surface area (Å²) >= 11 is 0. The van der Waals surface area contributed by atoms with Gasteiger partial charge in [0.25, 0.3) is 0 Å². The molecule has 18 heavy (non-hydrogen) atoms. The van der Waals surface area contributed by atoms with Crippen LogP contribution in [-0.2, 0) is 14.3 Å². The number of carboxylic acids is 1. The molecule has 0 saturated carbocycles. The molecule has 0 aromatic heterocycles. The first-order valence-electron chi connectivity index (χ1n) is 5.96. The molecule has 1 saturated heterocycles. The number of rotatable bonds is 5. The van der Waals surface area contributed by atoms with E-state index in [2.05, 4.69) is 0 Å². The van der Waals surface area contributed by atoms with Crippen LogP contribution < -0.4 is 5.73 Å². The first kappa shape index (κ1) is 14.9. The standard InChI is InChI=1S/C11H20N2O5/c1-7-4-13(5-8(6-14)18-7)11(17)9(12)2-3-10(15)16/h7-9,14H,2-6,12H2,1H3,(H,15,16). The zero-order chi connectivity index (χ0) is 13.7. The van der Waals surface area contributed by atoms with E-state index in [4.69, 9.17) is 20.7 Å². The molecule has 0 spiro atoms. The van der Waals surface area contributed by atoms with Crippen LogP contribution in [0, 0.1) is 0 Å². The maximum absolute atomic E-state index is 12.0. The molecule has 0 bridgehead atoms. The number of morpholine rings is 1. The van der Waals surface area contributed by atoms with Crippen molar-refractivity contribution in [1.29, 1.82) is 0 Å². The highest BCUT2D eigenvalue weighted by Gasteiger charge is 2.30. The molecule has 1 aliphatic heterocycles. The highest BCUT2D eigenvalue weighted by molar-refractivity contribution is 5.82. The quantitative estimate of drug-likeness (QED) is 0.571. The summed E-state index contributed by atoms with van der Waals surface area (Å²) in [6, 6.07) is -0.814. The largest absolute Gasteiger partial charge is 0.481 e. The number of ether oxygens (including phenoxy) is 1. The van der Waals surface area contributed by atoms with Crippen LogP contribution in [0.25, 0.3) is 0 Å². The Hall–Kier alpha value is -1.18. The van der Waals surface area contributed by atoms with E-state index in [1.165, 1.54) is 4.90 Å². The van der Waals surface area contributed by atoms with Gasteiger partial charge in [-0.3, -0.25) is 9.59 Å². The van der Waals surface area contributed by atoms with E-state index >= 15 is 0 Å². The van der Waals surface area contributed by atoms with Gasteiger partial charge in [0.05, 0.1) is 24.9 Å². The third-order valence-electron chi connectivity index (χ3n) is 2.83. The zero-order valence-electron chi connectivity index (χ0n) is 10.4. The molecule has 0 radical (unpaired) electrons. The average Bonchev–Trinajstić information content (AvgIpc) is 2.34. The van der Waals surface area contributed by atoms with Gasteiger partial charge in [-0.2, -0.15) is 0 Å². The topological polar surface area (TPSA) is 113 Å². The summed E-state index contributed by atoms with van der Waals surface area (Å²) in [5.74, 6) is -1.26. The number of carboxylic acid groups (broad SMARTS) is 1. The summed E-state index contributed by atoms with van der Waals surface area (Å²) in [6.45, 7) is 2.36. The van der Waals surface area contributed by atoms with Crippen LogP contribution in [-0.4, -0.2) is 64.9 Å². The van der Waals surface area contributed by atoms with Gasteiger partial charge in [-0.25, -0.2) is 0 Å². The van der Waals surface area contributed by atoms with Gasteiger partial charge in [0, 0.05) is 19.5 Å². The van der Waals surface area contributed by atoms with Crippen molar-refractivity contribution in [1.82, 2.24) is 4.90 Å². The van der Waals surface area contributed by atoms with Crippen molar-refractivity contribution >= 4 is 11.9 Å². The van der Waals surface area contributed by atoms with Gasteiger partial charge >= 0.3 is 5.97 Å². The predicted octanol–water partition coefficient (Wildman–Crippen LogP) is -1.21. The summed E-state index contributed by atoms with van der Waals surface area (Å²) in [6.07, 6.45) is -0.573. The van der Waals surface area contributed by atoms with E-state index in [0.717, 1.165) is 0 Å². The fourth-order valence-electron chi connectivity index (χ4n) is 1.96. The molecule has 0 aromatic carbocycles. The van der Waals surface area contributed by atoms with E-state index < -0.39 is 18.1 Å². The van der Waals surface area contributed by atoms with Crippen molar-refractivity contribution in [3.05, 3.63) is 0 Å². The smallest absolute Gasteiger partial charge is 0.303 e. The zero-order valence-corrected chi connectivity index (χ0v) is 10.4. The van der Waals surface area contributed by atoms with Gasteiger partial charge in [-0.15, -0.1) is 0 Å². The molecule has 0 aliphatic carbocycles. The molecule has 1 amide bonds. The van der Waals surface area contributed by atoms with E-state index in [9.17, 15) is 9.59 Å². The lowest BCUT2D eigenvalue weighted by molar-refractivity contribution is -0.148. The predicted molar refractivity (Wildman–Crippen MR) is 62.8 cm³/mol. The number of aliphatic hydroxyl groups excluding tert-OH is 1. The maximum Gasteiger partial charge on any atom is 0.303 e. The number of carbonyl (C=O) groups is 2. The summed E-state index contributed by atoms with van der Waals surface area (Å²) < 4.78 is 5.41. The molecular weight excluding hydrogens is 240 g/mol. The van der Waals surface area contributed by atoms with Gasteiger partial charge in [0.1, 0.15) is 0 Å². The normalized spacial score (nSPS) is 25.8. The molecule has 4 N–H and O–H groups in total. The van der Waals surface area contributed by atoms with Crippen molar-refractivity contribution in [3.63, 3.8) is 0 Å². The number of amides is 1. The van der Waals surface area contributed by atoms with Crippen molar-refractivity contribution in [2.24, 2.45) is 5.73 Å². The summed E-state index contributed by atoms with van der Waals surface area (Å²) in [7, 11) is 0. The number of aliphatic hydroxyl groups is 1. The second-order valence-corrected chi connectivity index (χ2v) is 4.53. The van der Waals surface area contributed by atoms with Gasteiger partial charge in [0.2, 0.25) is 5.91 Å². The highest BCUT2D eigenvalue weighted by Crippen LogP contribution is 2.12. The highest BCUT2D eigenvalue weighted by atomic mass is 16.5. The molecule has 104 valence electrons. The minimum atomic E-state index is -0.971. The fraction of sp³-hybridized carbons (Fsp3) is 0.818. The minimum absolute atomic E-state index is 0.115. The fourth-order valence-corrected chi connectivity index (χ4v) is 1.96. The molecule has 7 heteroatoms. The van der Waals surface area contributed by atoms with Crippen LogP contribution in [0.4, 0.5) is 0 Å². The van der Waals surface area contributed by atoms with E-state index in [-0.39, 0.29) is 31.5 Å². The van der Waals surface area contributed by atoms with Crippen LogP contribution >= 0.6 is 0 Å². The Balaban J connectivity index is 2.51. The molecule has 7 nitrogen and oxygen atoms in total. The second kappa shape index (κ2) is 6.67. The van der Waals surface area contributed by atoms with Crippen LogP contribution in [0.5, 0.6) is 0 Å². The second-order valence-electron chi connectivity index (χ2n) is 4.53. The Bertz CT molecular complexity index is 310. The van der Waals surface area contributed by atoms with Gasteiger partial charge in [-0.1, -0.05) is 0 Å². The van der Waals surface area contributed by atoms with Crippen LogP contribution in [0.1, 0.15) is 19.8 Å². The lowest BCUT2D eigenvalue weighted by atomic mass is 10.1. The number of aliphatic carboxylic acids is 1. The Labute approximate surface area is 106 Å². The molecule has 1 fully saturated rings. The molecule has 3 unspecified atom stereocenters. The van der Waals surface area contributed by atoms with Crippen LogP contribution in [0.2, 0.25) is 0 Å². The van der Waals surface area contributed by atoms with E-state index in [0.29, 0.717) is 13.1 Å². The van der Waals surface area contributed by atoms with Gasteiger partial charge in [0.15, 0.2) is 0 Å². The number of hydrogen-bond acceptors (Lipinski definition) is 5. The third-order valence-corrected chi connectivity index (χ3v) is 2.83. The molecule has 1 rings (SSSR count). The molecule has 3 atom stereocenters. The van der Waals surface area contributed by atoms with Crippen molar-refractivity contribution in [2.75, 3.05) is 19.7 Å². The molecule has 1 aliphatic rings. The first-order valence-corrected chi connectivity index (χ1v) is 5.96. The molecule has 1 heterocycles. The lowest BCUT2D eigenvalue weighted by Crippen LogP contribution is -2.54.